The predicted molar refractivity (Wildman–Crippen MR) is 232 cm³/mol. The number of esters is 1. The number of ether oxygens (including phenoxy) is 5. The molecule has 0 aromatic carbocycles. The first kappa shape index (κ1) is 52.5. The summed E-state index contributed by atoms with van der Waals surface area (Å²) in [4.78, 5) is 70.9. The van der Waals surface area contributed by atoms with Crippen LogP contribution >= 0.6 is 0 Å². The monoisotopic (exact) mass is 893 g/mol. The van der Waals surface area contributed by atoms with Crippen molar-refractivity contribution in [3.63, 3.8) is 0 Å². The molecule has 0 aromatic rings. The third kappa shape index (κ3) is 13.7. The average Bonchev–Trinajstić information content (AvgIpc) is 3.26. The first-order valence-electron chi connectivity index (χ1n) is 23.0. The fourth-order valence-electron chi connectivity index (χ4n) is 10.1. The molecular weight excluding hydrogens is 817 g/mol. The van der Waals surface area contributed by atoms with Crippen LogP contribution in [0.2, 0.25) is 0 Å². The highest BCUT2D eigenvalue weighted by molar-refractivity contribution is 6.39. The van der Waals surface area contributed by atoms with Crippen molar-refractivity contribution in [3.05, 3.63) is 23.3 Å². The van der Waals surface area contributed by atoms with Gasteiger partial charge in [0.05, 0.1) is 37.1 Å². The van der Waals surface area contributed by atoms with Gasteiger partial charge in [-0.2, -0.15) is 0 Å². The molecule has 3 heterocycles. The number of Topliss-reactive ketones (excluding diaryl/α,β-unsaturated/α-hetero) is 2. The van der Waals surface area contributed by atoms with E-state index in [9.17, 15) is 39.3 Å². The average molecular weight is 893 g/mol. The van der Waals surface area contributed by atoms with E-state index in [4.69, 9.17) is 28.8 Å². The zero-order valence-corrected chi connectivity index (χ0v) is 38.8. The van der Waals surface area contributed by atoms with E-state index in [1.165, 1.54) is 14.2 Å². The molecule has 16 heteroatoms. The van der Waals surface area contributed by atoms with E-state index in [-0.39, 0.29) is 68.9 Å². The van der Waals surface area contributed by atoms with Crippen molar-refractivity contribution in [1.29, 1.82) is 0 Å². The van der Waals surface area contributed by atoms with Gasteiger partial charge in [-0.3, -0.25) is 19.2 Å². The lowest BCUT2D eigenvalue weighted by Crippen LogP contribution is -2.64. The lowest BCUT2D eigenvalue weighted by molar-refractivity contribution is -0.302. The van der Waals surface area contributed by atoms with Crippen LogP contribution in [0.5, 0.6) is 0 Å². The van der Waals surface area contributed by atoms with E-state index in [0.29, 0.717) is 63.4 Å². The lowest BCUT2D eigenvalue weighted by Gasteiger charge is -2.47. The van der Waals surface area contributed by atoms with Crippen LogP contribution in [0, 0.1) is 29.6 Å². The molecule has 63 heavy (non-hydrogen) atoms. The number of carbonyl (C=O) groups is 5. The Labute approximate surface area is 373 Å². The van der Waals surface area contributed by atoms with Crippen molar-refractivity contribution in [2.24, 2.45) is 29.6 Å². The Morgan fingerprint density at radius 3 is 2.29 bits per heavy atom. The van der Waals surface area contributed by atoms with Crippen molar-refractivity contribution < 1.29 is 68.1 Å². The summed E-state index contributed by atoms with van der Waals surface area (Å²) in [5, 5.41) is 46.2. The zero-order chi connectivity index (χ0) is 46.6. The zero-order valence-electron chi connectivity index (χ0n) is 38.8. The highest BCUT2D eigenvalue weighted by Crippen LogP contribution is 2.39. The summed E-state index contributed by atoms with van der Waals surface area (Å²) in [7, 11) is 4.56. The lowest BCUT2D eigenvalue weighted by atomic mass is 9.81. The fourth-order valence-corrected chi connectivity index (χ4v) is 10.1. The van der Waals surface area contributed by atoms with Crippen molar-refractivity contribution in [1.82, 2.24) is 10.2 Å². The maximum Gasteiger partial charge on any atom is 0.329 e. The summed E-state index contributed by atoms with van der Waals surface area (Å²) < 4.78 is 29.9. The summed E-state index contributed by atoms with van der Waals surface area (Å²) in [5.41, 5.74) is 1.50. The Bertz CT molecular complexity index is 1620. The number of amides is 2. The number of nitrogens with zero attached hydrogens (tertiary/aromatic N) is 1. The van der Waals surface area contributed by atoms with Gasteiger partial charge in [0, 0.05) is 65.0 Å². The second-order valence-electron chi connectivity index (χ2n) is 18.7. The van der Waals surface area contributed by atoms with Crippen molar-refractivity contribution in [2.45, 2.75) is 173 Å². The molecule has 358 valence electrons. The molecule has 0 radical (unpaired) electrons. The summed E-state index contributed by atoms with van der Waals surface area (Å²) >= 11 is 0. The van der Waals surface area contributed by atoms with Gasteiger partial charge in [-0.1, -0.05) is 38.5 Å². The number of ketones is 2. The number of cyclic esters (lactones) is 1. The molecule has 2 saturated heterocycles. The molecule has 0 spiro atoms. The Balaban J connectivity index is 1.77. The standard InChI is InChI=1S/C47H76N2O14/c1-27-20-28(2)22-39(60-7)43-40(61-8)24-30(4)47(58,63-43)44(55)45(56)49-18-10-9-13-34(49)46(57)62-42(29(3)23-32-15-16-35(51)38(25-32)59-6)31(5)36(52)26-37(53)33(21-27)12-11-14-41(54)48-17-19-50/h21,23,28,30-36,38-40,42-43,50-52,58H,9-20,22,24-26H2,1-8H3,(H,48,54)/b27-21+,29-23+/t28-,30+,31+,32-,33+,34-,35+,36-,38+,39-,40-,42+,43+,47+/m0/s1. The maximum absolute atomic E-state index is 14.4. The molecule has 5 N–H and O–H groups in total. The highest BCUT2D eigenvalue weighted by Gasteiger charge is 2.56. The van der Waals surface area contributed by atoms with Gasteiger partial charge in [-0.15, -0.1) is 0 Å². The number of aliphatic hydroxyl groups is 4. The van der Waals surface area contributed by atoms with Gasteiger partial charge in [0.2, 0.25) is 11.7 Å². The molecule has 0 unspecified atom stereocenters. The molecule has 2 bridgehead atoms. The molecular formula is C47H76N2O14. The van der Waals surface area contributed by atoms with Crippen molar-refractivity contribution in [2.75, 3.05) is 41.0 Å². The molecule has 1 aliphatic carbocycles. The number of methoxy groups -OCH3 is 3. The van der Waals surface area contributed by atoms with Crippen LogP contribution in [0.15, 0.2) is 23.3 Å². The fraction of sp³-hybridized carbons (Fsp3) is 0.809. The van der Waals surface area contributed by atoms with Crippen molar-refractivity contribution >= 4 is 29.4 Å². The number of hydrogen-bond acceptors (Lipinski definition) is 14. The van der Waals surface area contributed by atoms with Gasteiger partial charge in [0.25, 0.3) is 11.7 Å². The Morgan fingerprint density at radius 2 is 1.62 bits per heavy atom. The minimum atomic E-state index is -2.55. The third-order valence-corrected chi connectivity index (χ3v) is 13.8. The number of fused-ring (bicyclic) bond motifs is 3. The molecule has 2 amide bonds. The minimum absolute atomic E-state index is 0.0505. The summed E-state index contributed by atoms with van der Waals surface area (Å²) in [6, 6.07) is -1.18. The Kier molecular flexibility index (Phi) is 20.4. The SMILES string of the molecule is CO[C@H]1C[C@@H](C)C/C(C)=C/[C@@H](CCCC(=O)NCCO)C(=O)C[C@H](O)[C@@H](C)[C@@H](/C(C)=C/[C@@H]2CC[C@@H](O)[C@H](OC)C2)OC(=O)[C@@H]2CCCCN2C(=O)C(=O)[C@]2(O)O[C@H]1[C@@H](OC)C[C@H]2C. The topological polar surface area (TPSA) is 228 Å². The van der Waals surface area contributed by atoms with Crippen LogP contribution in [-0.2, 0) is 47.7 Å². The maximum atomic E-state index is 14.4. The van der Waals surface area contributed by atoms with Crippen LogP contribution in [-0.4, -0.2) is 150 Å². The third-order valence-electron chi connectivity index (χ3n) is 13.8. The van der Waals surface area contributed by atoms with E-state index in [1.807, 2.05) is 26.0 Å². The molecule has 4 rings (SSSR count). The van der Waals surface area contributed by atoms with Crippen molar-refractivity contribution in [3.8, 4) is 0 Å². The number of piperidine rings is 1. The van der Waals surface area contributed by atoms with Crippen LogP contribution in [0.25, 0.3) is 0 Å². The first-order valence-corrected chi connectivity index (χ1v) is 23.0. The largest absolute Gasteiger partial charge is 0.456 e. The number of nitrogens with one attached hydrogen (secondary N) is 1. The van der Waals surface area contributed by atoms with Crippen LogP contribution in [0.1, 0.15) is 118 Å². The van der Waals surface area contributed by atoms with E-state index in [0.717, 1.165) is 10.5 Å². The van der Waals surface area contributed by atoms with Gasteiger partial charge in [0.15, 0.2) is 0 Å². The van der Waals surface area contributed by atoms with Gasteiger partial charge in [-0.25, -0.2) is 4.79 Å². The van der Waals surface area contributed by atoms with E-state index in [2.05, 4.69) is 5.32 Å². The number of hydrogen-bond donors (Lipinski definition) is 5. The summed E-state index contributed by atoms with van der Waals surface area (Å²) in [6.07, 6.45) is 2.90. The second kappa shape index (κ2) is 24.4. The van der Waals surface area contributed by atoms with Crippen LogP contribution in [0.3, 0.4) is 0 Å². The van der Waals surface area contributed by atoms with E-state index in [1.54, 1.807) is 27.9 Å². The van der Waals surface area contributed by atoms with Crippen LogP contribution < -0.4 is 5.32 Å². The molecule has 14 atom stereocenters. The smallest absolute Gasteiger partial charge is 0.329 e. The highest BCUT2D eigenvalue weighted by atomic mass is 16.7. The number of rotatable bonds is 11. The van der Waals surface area contributed by atoms with Gasteiger partial charge >= 0.3 is 5.97 Å². The number of carbonyl (C=O) groups excluding carboxylic acids is 5. The quantitative estimate of drug-likeness (QED) is 0.114. The summed E-state index contributed by atoms with van der Waals surface area (Å²) in [6.45, 7) is 9.02. The summed E-state index contributed by atoms with van der Waals surface area (Å²) in [5.74, 6) is -8.53. The first-order chi connectivity index (χ1) is 29.9. The Hall–Kier alpha value is -3.09. The number of aliphatic hydroxyl groups excluding tert-OH is 3. The normalized spacial score (nSPS) is 38.2. The number of allylic oxidation sites excluding steroid dienone is 3. The molecule has 16 nitrogen and oxygen atoms in total. The molecule has 4 aliphatic rings. The predicted octanol–water partition coefficient (Wildman–Crippen LogP) is 3.34. The van der Waals surface area contributed by atoms with E-state index < -0.39 is 90.0 Å². The minimum Gasteiger partial charge on any atom is -0.456 e. The van der Waals surface area contributed by atoms with Gasteiger partial charge < -0.3 is 54.3 Å². The molecule has 3 aliphatic heterocycles. The molecule has 3 fully saturated rings. The van der Waals surface area contributed by atoms with Gasteiger partial charge in [-0.05, 0) is 102 Å². The van der Waals surface area contributed by atoms with E-state index >= 15 is 0 Å². The Morgan fingerprint density at radius 1 is 0.937 bits per heavy atom. The molecule has 0 aromatic heterocycles. The molecule has 1 saturated carbocycles. The second-order valence-corrected chi connectivity index (χ2v) is 18.7. The van der Waals surface area contributed by atoms with Crippen LogP contribution in [0.4, 0.5) is 0 Å². The van der Waals surface area contributed by atoms with Gasteiger partial charge in [0.1, 0.15) is 24.0 Å².